The Balaban J connectivity index is 0.000000173. The van der Waals surface area contributed by atoms with Crippen LogP contribution in [0.1, 0.15) is 138 Å². The van der Waals surface area contributed by atoms with Crippen molar-refractivity contribution < 1.29 is 80.9 Å². The van der Waals surface area contributed by atoms with E-state index in [1.807, 2.05) is 11.9 Å². The quantitative estimate of drug-likeness (QED) is 0.0435. The van der Waals surface area contributed by atoms with Gasteiger partial charge in [-0.05, 0) is 117 Å². The molecule has 12 atom stereocenters. The van der Waals surface area contributed by atoms with Gasteiger partial charge in [-0.25, -0.2) is 99.2 Å². The number of hydrogen-bond donors (Lipinski definition) is 6. The summed E-state index contributed by atoms with van der Waals surface area (Å²) in [5.41, 5.74) is 2.15. The summed E-state index contributed by atoms with van der Waals surface area (Å²) in [5.74, 6) is -11.6. The van der Waals surface area contributed by atoms with Crippen LogP contribution in [0.3, 0.4) is 0 Å². The van der Waals surface area contributed by atoms with E-state index in [1.54, 1.807) is 31.0 Å². The second-order valence-corrected chi connectivity index (χ2v) is 32.6. The molecule has 0 radical (unpaired) electrons. The number of likely N-dealkylation sites (tertiary alicyclic amines) is 6. The fourth-order valence-corrected chi connectivity index (χ4v) is 16.3. The fourth-order valence-electron chi connectivity index (χ4n) is 16.3. The third-order valence-electron chi connectivity index (χ3n) is 24.0. The largest absolute Gasteiger partial charge is 0.354 e. The molecule has 0 aromatic carbocycles. The van der Waals surface area contributed by atoms with E-state index in [2.05, 4.69) is 126 Å². The maximum Gasteiger partial charge on any atom is 0.302 e. The molecule has 6 aliphatic rings. The number of carbonyl (C=O) groups is 6. The maximum absolute atomic E-state index is 12.4. The Morgan fingerprint density at radius 2 is 0.626 bits per heavy atom. The number of likely N-dealkylation sites (N-methyl/N-ethyl adjacent to an activating group) is 6. The number of nitrogens with zero attached hydrogens (tertiary/aromatic N) is 30. The number of hydrogen-bond acceptors (Lipinski definition) is 24. The number of anilines is 6. The Labute approximate surface area is 861 Å². The molecule has 18 heterocycles. The average molecular weight is 1930 g/mol. The van der Waals surface area contributed by atoms with E-state index in [1.165, 1.54) is 70.7 Å². The highest BCUT2D eigenvalue weighted by Gasteiger charge is 2.41. The standard InChI is InChI=1S/C17H22N6O.5C16H20N6O/c1-11-5-6-23(15(24)8-18-3)9-14(11)22(4)17-13-7-12(2)21-16(13)19-10-20-17;5*1-11-5-7-22(14(23)8-17-2)9-13(11)21(3)16-12-4-6-18-15(12)19-10-20-16/h7,10-11,14H,5-6,8-9H2,1-2,4H3,(H,19,20,21);5*4,6,10-11,13H,5,7-9H2,1,3H3,(H,18,19,20)/t11-,14+;5*11-,13+/m111111/s1/i7D,10D;1D3,3D3,10D,11D,13D;3D3,10D,11D,13D;1D3,3D3,10D,13D;1D3,3D3,10D,11D;3D3,10D,13D. The minimum atomic E-state index is -3.17. The van der Waals surface area contributed by atoms with Crippen molar-refractivity contribution in [2.45, 2.75) is 123 Å². The fraction of sp³-hybridized carbons (Fsp3) is 0.505. The van der Waals surface area contributed by atoms with Crippen LogP contribution in [0, 0.1) is 81.8 Å². The first-order valence-electron chi connectivity index (χ1n) is 62.4. The van der Waals surface area contributed by atoms with Crippen molar-refractivity contribution in [1.29, 1.82) is 0 Å². The normalized spacial score (nSPS) is 29.5. The van der Waals surface area contributed by atoms with Gasteiger partial charge >= 0.3 is 35.4 Å². The molecule has 12 aromatic heterocycles. The SMILES string of the molecule is [2H]c1nc(N(C([2H])([2H])[2H])[C@@]2([2H])CN(C(=O)C[N+]#[C-])CC[C@@]2([2H])C([2H])([2H])[2H])c2cc[nH]c2n1.[2H]c1nc(N(C([2H])([2H])[2H])[C@@]2([2H])CN(C(=O)C[N+]#[C-])CC[C@@]2([2H])C)c2cc[nH]c2n1.[2H]c1nc(N(C([2H])([2H])[2H])[C@@]2([2H])CN(C(=O)C[N+]#[C-])CC[C@H]2C([2H])([2H])[2H])c2cc[nH]c2n1.[2H]c1nc(N(C([2H])([2H])[2H])[C@@]2([2H])CN(C(=O)C[N+]#[C-])CC[C@H]2C)c2cc[nH]c2n1.[2H]c1nc(N(C)[C@H]2CN(C(=O)C[N+]#[C-])CC[C@H]2C)c2c([2H])c(C)[nH]c2n1.[2H]c1nc(N([C@H]2CN(C(=O)C[N+]#[C-])CC[C@@]2([2H])C([2H])([2H])[2H])C([2H])([2H])[2H])c2cc[nH]c2n1. The zero-order valence-corrected chi connectivity index (χ0v) is 76.0. The van der Waals surface area contributed by atoms with Crippen molar-refractivity contribution in [2.24, 2.45) is 35.4 Å². The molecule has 0 unspecified atom stereocenters. The molecule has 0 saturated carbocycles. The van der Waals surface area contributed by atoms with Crippen molar-refractivity contribution in [2.75, 3.05) is 189 Å². The number of rotatable bonds is 18. The van der Waals surface area contributed by atoms with Crippen LogP contribution >= 0.6 is 0 Å². The van der Waals surface area contributed by atoms with Gasteiger partial charge in [-0.2, -0.15) is 0 Å². The Hall–Kier alpha value is -15.7. The molecule has 6 fully saturated rings. The van der Waals surface area contributed by atoms with E-state index in [9.17, 15) is 28.8 Å². The summed E-state index contributed by atoms with van der Waals surface area (Å²) in [5, 5.41) is 1.83. The Kier molecular flexibility index (Phi) is 20.6. The van der Waals surface area contributed by atoms with Crippen molar-refractivity contribution in [3.63, 3.8) is 0 Å². The van der Waals surface area contributed by atoms with Crippen LogP contribution in [-0.2, 0) is 28.8 Å². The highest BCUT2D eigenvalue weighted by Crippen LogP contribution is 2.37. The van der Waals surface area contributed by atoms with Crippen LogP contribution in [0.4, 0.5) is 34.9 Å². The maximum atomic E-state index is 12.4. The number of carbonyl (C=O) groups excluding carboxylic acids is 6. The number of H-pyrrole nitrogens is 6. The Bertz CT molecular complexity index is 8410. The number of aryl methyl sites for hydroxylation is 1. The van der Waals surface area contributed by atoms with Gasteiger partial charge in [0.25, 0.3) is 39.3 Å². The first kappa shape index (κ1) is 61.4. The van der Waals surface area contributed by atoms with Crippen LogP contribution in [-0.4, -0.2) is 350 Å². The molecule has 139 heavy (non-hydrogen) atoms. The van der Waals surface area contributed by atoms with Gasteiger partial charge in [-0.15, -0.1) is 0 Å². The molecule has 6 N–H and O–H groups in total. The van der Waals surface area contributed by atoms with E-state index < -0.39 is 228 Å². The predicted octanol–water partition coefficient (Wildman–Crippen LogP) is 9.61. The van der Waals surface area contributed by atoms with Crippen molar-refractivity contribution in [3.05, 3.63) is 179 Å². The van der Waals surface area contributed by atoms with E-state index in [0.717, 1.165) is 30.9 Å². The Morgan fingerprint density at radius 1 is 0.345 bits per heavy atom. The molecule has 0 aliphatic carbocycles. The second kappa shape index (κ2) is 46.7. The van der Waals surface area contributed by atoms with Crippen LogP contribution in [0.2, 0.25) is 0 Å². The topological polar surface area (TPSA) is 417 Å². The van der Waals surface area contributed by atoms with Crippen molar-refractivity contribution >= 4 is 137 Å². The minimum Gasteiger partial charge on any atom is -0.354 e. The van der Waals surface area contributed by atoms with Crippen LogP contribution in [0.15, 0.2) is 105 Å². The Morgan fingerprint density at radius 3 is 0.978 bits per heavy atom. The van der Waals surface area contributed by atoms with E-state index in [4.69, 9.17) is 91.5 Å². The molecule has 6 aliphatic heterocycles. The summed E-state index contributed by atoms with van der Waals surface area (Å²) in [6.07, 6.45) is 5.23. The summed E-state index contributed by atoms with van der Waals surface area (Å²) in [6.45, 7) is 21.8. The molecule has 12 aromatic rings. The molecule has 0 spiro atoms. The highest BCUT2D eigenvalue weighted by molar-refractivity contribution is 5.93. The third kappa shape index (κ3) is 23.5. The monoisotopic (exact) mass is 1930 g/mol. The third-order valence-corrected chi connectivity index (χ3v) is 24.0. The van der Waals surface area contributed by atoms with Crippen LogP contribution in [0.5, 0.6) is 0 Å². The first-order chi connectivity index (χ1) is 82.0. The second-order valence-electron chi connectivity index (χ2n) is 32.6. The van der Waals surface area contributed by atoms with Gasteiger partial charge in [0.1, 0.15) is 115 Å². The van der Waals surface area contributed by atoms with Crippen LogP contribution < -0.4 is 29.4 Å². The number of fused-ring (bicyclic) bond motifs is 6. The number of piperidine rings is 6. The average Bonchev–Trinajstić information content (AvgIpc) is 1.39. The number of nitrogens with one attached hydrogen (secondary N) is 6. The van der Waals surface area contributed by atoms with Gasteiger partial charge in [0.2, 0.25) is 0 Å². The van der Waals surface area contributed by atoms with E-state index in [0.29, 0.717) is 86.8 Å². The summed E-state index contributed by atoms with van der Waals surface area (Å²) in [4.78, 5) is 170. The van der Waals surface area contributed by atoms with Gasteiger partial charge < -0.3 is 118 Å². The zero-order chi connectivity index (χ0) is 132. The van der Waals surface area contributed by atoms with Crippen molar-refractivity contribution in [1.82, 2.24) is 119 Å². The number of amides is 6. The molecule has 0 bridgehead atoms. The summed E-state index contributed by atoms with van der Waals surface area (Å²) in [7, 11) is 1.88. The molecule has 42 heteroatoms. The van der Waals surface area contributed by atoms with Gasteiger partial charge in [0, 0.05) is 194 Å². The number of aromatic nitrogens is 18. The van der Waals surface area contributed by atoms with Gasteiger partial charge in [-0.3, -0.25) is 28.8 Å². The van der Waals surface area contributed by atoms with Gasteiger partial charge in [0.15, 0.2) is 0 Å². The summed E-state index contributed by atoms with van der Waals surface area (Å²) >= 11 is 0. The lowest BCUT2D eigenvalue weighted by Gasteiger charge is -2.41. The highest BCUT2D eigenvalue weighted by atomic mass is 16.2. The molecule has 6 saturated heterocycles. The molecule has 726 valence electrons. The smallest absolute Gasteiger partial charge is 0.302 e. The zero-order valence-electron chi connectivity index (χ0n) is 114. The molecule has 18 rings (SSSR count). The first-order valence-corrected chi connectivity index (χ1v) is 43.4. The van der Waals surface area contributed by atoms with Crippen LogP contribution in [0.25, 0.3) is 95.3 Å². The molecule has 42 nitrogen and oxygen atoms in total. The molecule has 6 amide bonds. The minimum absolute atomic E-state index is 0.00876. The molecular formula is C97H122N36O6. The van der Waals surface area contributed by atoms with Gasteiger partial charge in [0.05, 0.1) is 75.3 Å². The lowest BCUT2D eigenvalue weighted by Crippen LogP contribution is -2.53. The van der Waals surface area contributed by atoms with E-state index in [-0.39, 0.29) is 158 Å². The van der Waals surface area contributed by atoms with Crippen molar-refractivity contribution in [3.8, 4) is 0 Å². The lowest BCUT2D eigenvalue weighted by molar-refractivity contribution is -0.131. The van der Waals surface area contributed by atoms with E-state index >= 15 is 0 Å². The predicted molar refractivity (Wildman–Crippen MR) is 532 cm³/mol. The van der Waals surface area contributed by atoms with Gasteiger partial charge in [-0.1, -0.05) is 41.3 Å². The lowest BCUT2D eigenvalue weighted by atomic mass is 9.92. The summed E-state index contributed by atoms with van der Waals surface area (Å²) in [6, 6.07) is -2.57. The summed E-state index contributed by atoms with van der Waals surface area (Å²) < 4.78 is 311. The number of aromatic amines is 6. The molecular weight excluding hydrogens is 1770 g/mol.